The molecule has 5 heterocycles. The first-order valence-electron chi connectivity index (χ1n) is 21.7. The van der Waals surface area contributed by atoms with Crippen LogP contribution >= 0.6 is 11.6 Å². The number of hydrogen-bond acceptors (Lipinski definition) is 10. The van der Waals surface area contributed by atoms with E-state index in [9.17, 15) is 19.1 Å². The zero-order valence-corrected chi connectivity index (χ0v) is 37.2. The van der Waals surface area contributed by atoms with Crippen molar-refractivity contribution in [3.63, 3.8) is 0 Å². The molecular weight excluding hydrogens is 840 g/mol. The number of carbonyl (C=O) groups is 1. The first kappa shape index (κ1) is 44.2. The molecular formula is C48H53ClN6O7S. The third-order valence-corrected chi connectivity index (χ3v) is 13.6. The number of benzene rings is 3. The summed E-state index contributed by atoms with van der Waals surface area (Å²) in [7, 11) is -2.11. The molecule has 1 aliphatic carbocycles. The number of carbonyl (C=O) groups excluding carboxylic acids is 1. The third-order valence-electron chi connectivity index (χ3n) is 12.3. The summed E-state index contributed by atoms with van der Waals surface area (Å²) in [5.41, 5.74) is 7.37. The Morgan fingerprint density at radius 2 is 1.83 bits per heavy atom. The second-order valence-corrected chi connectivity index (χ2v) is 18.1. The maximum Gasteiger partial charge on any atom is 0.293 e. The van der Waals surface area contributed by atoms with Crippen molar-refractivity contribution >= 4 is 62.0 Å². The number of nitro benzene ring substituents is 1. The second-order valence-electron chi connectivity index (χ2n) is 16.4. The minimum absolute atomic E-state index is 0.0932. The number of anilines is 1. The Morgan fingerprint density at radius 3 is 2.56 bits per heavy atom. The van der Waals surface area contributed by atoms with Gasteiger partial charge in [-0.15, -0.1) is 0 Å². The normalized spacial score (nSPS) is 18.2. The molecule has 2 aromatic heterocycles. The highest BCUT2D eigenvalue weighted by Gasteiger charge is 2.42. The van der Waals surface area contributed by atoms with Crippen LogP contribution in [0.1, 0.15) is 73.9 Å². The summed E-state index contributed by atoms with van der Waals surface area (Å²) in [6.45, 7) is 10.1. The van der Waals surface area contributed by atoms with E-state index in [1.807, 2.05) is 50.2 Å². The molecule has 3 aromatic carbocycles. The number of rotatable bonds is 13. The number of halogens is 1. The molecule has 1 amide bonds. The van der Waals surface area contributed by atoms with Gasteiger partial charge in [-0.3, -0.25) is 24.5 Å². The third kappa shape index (κ3) is 10.4. The number of allylic oxidation sites excluding steroid dienone is 1. The maximum atomic E-state index is 13.9. The van der Waals surface area contributed by atoms with E-state index in [2.05, 4.69) is 43.1 Å². The second kappa shape index (κ2) is 20.0. The van der Waals surface area contributed by atoms with E-state index in [1.54, 1.807) is 18.5 Å². The lowest BCUT2D eigenvalue weighted by Crippen LogP contribution is -2.45. The van der Waals surface area contributed by atoms with Crippen molar-refractivity contribution in [2.75, 3.05) is 57.9 Å². The van der Waals surface area contributed by atoms with E-state index >= 15 is 0 Å². The number of nitrogens with zero attached hydrogens (tertiary/aromatic N) is 3. The van der Waals surface area contributed by atoms with Crippen molar-refractivity contribution in [1.82, 2.24) is 19.6 Å². The number of pyridine rings is 1. The van der Waals surface area contributed by atoms with Crippen molar-refractivity contribution in [1.29, 1.82) is 0 Å². The fourth-order valence-corrected chi connectivity index (χ4v) is 9.67. The molecule has 13 nitrogen and oxygen atoms in total. The Balaban J connectivity index is 0.00000268. The van der Waals surface area contributed by atoms with Gasteiger partial charge in [-0.1, -0.05) is 55.3 Å². The van der Waals surface area contributed by atoms with E-state index in [0.29, 0.717) is 42.8 Å². The van der Waals surface area contributed by atoms with Gasteiger partial charge in [-0.25, -0.2) is 9.19 Å². The summed E-state index contributed by atoms with van der Waals surface area (Å²) in [6, 6.07) is 21.6. The van der Waals surface area contributed by atoms with Crippen LogP contribution in [0.15, 0.2) is 102 Å². The van der Waals surface area contributed by atoms with Gasteiger partial charge < -0.3 is 24.5 Å². The summed E-state index contributed by atoms with van der Waals surface area (Å²) in [5, 5.41) is 16.8. The number of amides is 1. The molecule has 5 aromatic rings. The Morgan fingerprint density at radius 1 is 1.03 bits per heavy atom. The van der Waals surface area contributed by atoms with Crippen LogP contribution in [0.25, 0.3) is 22.2 Å². The number of ether oxygens (including phenoxy) is 3. The van der Waals surface area contributed by atoms with Crippen LogP contribution in [0.3, 0.4) is 0 Å². The van der Waals surface area contributed by atoms with Gasteiger partial charge in [-0.05, 0) is 115 Å². The van der Waals surface area contributed by atoms with Crippen LogP contribution in [0.4, 0.5) is 11.4 Å². The molecule has 1 unspecified atom stereocenters. The largest absolute Gasteiger partial charge is 0.455 e. The highest BCUT2D eigenvalue weighted by atomic mass is 35.5. The zero-order chi connectivity index (χ0) is 43.9. The summed E-state index contributed by atoms with van der Waals surface area (Å²) >= 11 is 6.26. The minimum atomic E-state index is -2.11. The van der Waals surface area contributed by atoms with Gasteiger partial charge in [0.05, 0.1) is 34.8 Å². The van der Waals surface area contributed by atoms with Crippen molar-refractivity contribution in [3.05, 3.63) is 129 Å². The van der Waals surface area contributed by atoms with Crippen LogP contribution in [-0.4, -0.2) is 82.5 Å². The number of H-pyrrole nitrogens is 1. The fraction of sp³-hybridized carbons (Fsp3) is 0.375. The van der Waals surface area contributed by atoms with Crippen LogP contribution < -0.4 is 14.8 Å². The number of nitrogens with one attached hydrogen (secondary N) is 3. The highest BCUT2D eigenvalue weighted by Crippen LogP contribution is 2.48. The van der Waals surface area contributed by atoms with Gasteiger partial charge in [0.2, 0.25) is 0 Å². The molecule has 4 aliphatic rings. The zero-order valence-electron chi connectivity index (χ0n) is 35.6. The minimum Gasteiger partial charge on any atom is -0.455 e. The molecule has 3 aliphatic heterocycles. The molecule has 2 fully saturated rings. The Bertz CT molecular complexity index is 2550. The van der Waals surface area contributed by atoms with Crippen LogP contribution in [0.5, 0.6) is 11.5 Å². The number of nitro groups is 1. The van der Waals surface area contributed by atoms with Crippen molar-refractivity contribution < 1.29 is 28.1 Å². The van der Waals surface area contributed by atoms with E-state index in [4.69, 9.17) is 25.8 Å². The predicted octanol–water partition coefficient (Wildman–Crippen LogP) is 9.98. The lowest BCUT2D eigenvalue weighted by atomic mass is 9.68. The standard InChI is InChI=1S/C46H47ClN6O7S.C2H6/c47-36-4-1-32(2-5-36)40-24-46(28-59-29-46)15-9-35(40)27-52-17-11-31(12-18-52)33-3-7-39(43(22-33)60-37-21-34-10-16-48-44(34)50-26-37)45(54)51-61(57)38-6-8-41(42(23-38)53(55)56)49-25-30-13-19-58-20-14-30;1-2/h1-8,10-11,16,21-23,26,30,49H,9,12-15,17-20,24-25,27-29H2,(H,48,50)(H,51,54);1-2H3. The predicted molar refractivity (Wildman–Crippen MR) is 247 cm³/mol. The van der Waals surface area contributed by atoms with Gasteiger partial charge in [0.25, 0.3) is 11.6 Å². The number of aromatic nitrogens is 2. The fourth-order valence-electron chi connectivity index (χ4n) is 8.74. The number of fused-ring (bicyclic) bond motifs is 1. The molecule has 63 heavy (non-hydrogen) atoms. The molecule has 9 rings (SSSR count). The quantitative estimate of drug-likeness (QED) is 0.0767. The van der Waals surface area contributed by atoms with E-state index in [1.165, 1.54) is 34.9 Å². The summed E-state index contributed by atoms with van der Waals surface area (Å²) in [5.74, 6) is 0.370. The van der Waals surface area contributed by atoms with Crippen LogP contribution in [0.2, 0.25) is 5.02 Å². The summed E-state index contributed by atoms with van der Waals surface area (Å²) in [6.07, 6.45) is 11.4. The Hall–Kier alpha value is -5.38. The average molecular weight is 894 g/mol. The molecule has 1 atom stereocenters. The molecule has 3 N–H and O–H groups in total. The van der Waals surface area contributed by atoms with Gasteiger partial charge in [0, 0.05) is 67.5 Å². The van der Waals surface area contributed by atoms with Gasteiger partial charge >= 0.3 is 0 Å². The van der Waals surface area contributed by atoms with E-state index in [0.717, 1.165) is 92.9 Å². The Kier molecular flexibility index (Phi) is 14.0. The van der Waals surface area contributed by atoms with Crippen LogP contribution in [0, 0.1) is 21.4 Å². The lowest BCUT2D eigenvalue weighted by Gasteiger charge is -2.46. The smallest absolute Gasteiger partial charge is 0.293 e. The first-order valence-corrected chi connectivity index (χ1v) is 23.3. The summed E-state index contributed by atoms with van der Waals surface area (Å²) in [4.78, 5) is 35.6. The Labute approximate surface area is 375 Å². The van der Waals surface area contributed by atoms with E-state index in [-0.39, 0.29) is 27.3 Å². The van der Waals surface area contributed by atoms with Crippen LogP contribution in [-0.2, 0) is 20.5 Å². The number of hydrogen-bond donors (Lipinski definition) is 3. The molecule has 15 heteroatoms. The monoisotopic (exact) mass is 892 g/mol. The molecule has 330 valence electrons. The average Bonchev–Trinajstić information content (AvgIpc) is 3.77. The SMILES string of the molecule is CC.O=C(NS(=O)c1ccc(NCC2CCOCC2)c([N+](=O)[O-])c1)c1ccc(C2=CCN(CC3=C(c4ccc(Cl)cc4)CC4(CC3)COC4)CC2)cc1Oc1cnc2[nH]ccc2c1. The molecule has 0 bridgehead atoms. The molecule has 0 radical (unpaired) electrons. The van der Waals surface area contributed by atoms with Crippen molar-refractivity contribution in [2.24, 2.45) is 11.3 Å². The van der Waals surface area contributed by atoms with Gasteiger partial charge in [0.1, 0.15) is 22.8 Å². The molecule has 1 spiro atoms. The molecule has 0 saturated carbocycles. The topological polar surface area (TPSA) is 161 Å². The number of aromatic amines is 1. The lowest BCUT2D eigenvalue weighted by molar-refractivity contribution is -0.384. The van der Waals surface area contributed by atoms with Crippen molar-refractivity contribution in [3.8, 4) is 11.5 Å². The van der Waals surface area contributed by atoms with Gasteiger partial charge in [0.15, 0.2) is 11.0 Å². The van der Waals surface area contributed by atoms with Crippen molar-refractivity contribution in [2.45, 2.75) is 57.3 Å². The summed E-state index contributed by atoms with van der Waals surface area (Å²) < 4.78 is 33.6. The maximum absolute atomic E-state index is 13.9. The molecule has 2 saturated heterocycles. The van der Waals surface area contributed by atoms with Gasteiger partial charge in [-0.2, -0.15) is 0 Å². The van der Waals surface area contributed by atoms with E-state index < -0.39 is 21.8 Å². The highest BCUT2D eigenvalue weighted by molar-refractivity contribution is 7.83. The first-order chi connectivity index (χ1) is 30.7.